The van der Waals surface area contributed by atoms with Gasteiger partial charge in [-0.25, -0.2) is 4.98 Å². The molecule has 13 nitrogen and oxygen atoms in total. The van der Waals surface area contributed by atoms with Crippen molar-refractivity contribution in [1.29, 1.82) is 0 Å². The van der Waals surface area contributed by atoms with Gasteiger partial charge in [0.2, 0.25) is 23.6 Å². The molecule has 1 fully saturated rings. The monoisotopic (exact) mass is 862 g/mol. The number of aromatic nitrogens is 2. The number of rotatable bonds is 23. The zero-order valence-electron chi connectivity index (χ0n) is 38.2. The molecule has 61 heavy (non-hydrogen) atoms. The van der Waals surface area contributed by atoms with Gasteiger partial charge < -0.3 is 29.9 Å². The van der Waals surface area contributed by atoms with Crippen LogP contribution in [-0.2, 0) is 41.6 Å². The molecule has 0 bridgehead atoms. The second-order valence-electron chi connectivity index (χ2n) is 17.4. The molecule has 3 aromatic rings. The van der Waals surface area contributed by atoms with E-state index in [2.05, 4.69) is 34.4 Å². The van der Waals surface area contributed by atoms with Crippen molar-refractivity contribution < 1.29 is 28.7 Å². The second-order valence-corrected chi connectivity index (χ2v) is 18.3. The Hall–Kier alpha value is -4.24. The van der Waals surface area contributed by atoms with Crippen LogP contribution < -0.4 is 10.6 Å². The number of methoxy groups -OCH3 is 2. The summed E-state index contributed by atoms with van der Waals surface area (Å²) in [7, 11) is 6.86. The van der Waals surface area contributed by atoms with Crippen molar-refractivity contribution in [2.45, 2.75) is 130 Å². The van der Waals surface area contributed by atoms with Crippen LogP contribution in [0, 0.1) is 23.7 Å². The molecular formula is C47H71N7O6S. The number of benzene rings is 1. The highest BCUT2D eigenvalue weighted by atomic mass is 32.1. The average Bonchev–Trinajstić information content (AvgIpc) is 3.96. The van der Waals surface area contributed by atoms with Crippen molar-refractivity contribution in [1.82, 2.24) is 35.3 Å². The van der Waals surface area contributed by atoms with Gasteiger partial charge in [-0.2, -0.15) is 0 Å². The molecule has 2 N–H and O–H groups in total. The quantitative estimate of drug-likeness (QED) is 0.115. The van der Waals surface area contributed by atoms with Crippen molar-refractivity contribution in [3.63, 3.8) is 0 Å². The van der Waals surface area contributed by atoms with Gasteiger partial charge in [-0.05, 0) is 67.3 Å². The third-order valence-electron chi connectivity index (χ3n) is 12.4. The summed E-state index contributed by atoms with van der Waals surface area (Å²) in [6, 6.07) is 11.5. The van der Waals surface area contributed by atoms with E-state index < -0.39 is 36.3 Å². The minimum absolute atomic E-state index is 0.0196. The molecule has 1 saturated heterocycles. The molecule has 336 valence electrons. The molecule has 9 atom stereocenters. The van der Waals surface area contributed by atoms with E-state index in [1.165, 1.54) is 11.3 Å². The third kappa shape index (κ3) is 13.1. The van der Waals surface area contributed by atoms with Crippen LogP contribution in [0.15, 0.2) is 66.4 Å². The highest BCUT2D eigenvalue weighted by molar-refractivity contribution is 7.09. The Morgan fingerprint density at radius 1 is 0.885 bits per heavy atom. The van der Waals surface area contributed by atoms with E-state index in [1.54, 1.807) is 44.8 Å². The van der Waals surface area contributed by atoms with Crippen LogP contribution in [0.3, 0.4) is 0 Å². The molecule has 0 saturated carbocycles. The molecule has 2 aromatic heterocycles. The van der Waals surface area contributed by atoms with Crippen LogP contribution in [0.1, 0.15) is 96.3 Å². The molecular weight excluding hydrogens is 791 g/mol. The van der Waals surface area contributed by atoms with E-state index in [9.17, 15) is 19.2 Å². The Kier molecular flexibility index (Phi) is 19.3. The van der Waals surface area contributed by atoms with Crippen LogP contribution in [0.2, 0.25) is 0 Å². The topological polar surface area (TPSA) is 146 Å². The second kappa shape index (κ2) is 23.8. The lowest BCUT2D eigenvalue weighted by molar-refractivity contribution is -0.148. The molecule has 0 aliphatic carbocycles. The van der Waals surface area contributed by atoms with Crippen LogP contribution in [0.5, 0.6) is 0 Å². The fourth-order valence-corrected chi connectivity index (χ4v) is 9.61. The van der Waals surface area contributed by atoms with Crippen molar-refractivity contribution in [2.75, 3.05) is 34.9 Å². The molecule has 0 spiro atoms. The molecule has 4 rings (SSSR count). The number of nitrogens with zero attached hydrogens (tertiary/aromatic N) is 5. The Labute approximate surface area is 368 Å². The number of pyridine rings is 1. The van der Waals surface area contributed by atoms with E-state index in [0.29, 0.717) is 25.9 Å². The van der Waals surface area contributed by atoms with Crippen molar-refractivity contribution in [2.24, 2.45) is 23.7 Å². The predicted molar refractivity (Wildman–Crippen MR) is 240 cm³/mol. The van der Waals surface area contributed by atoms with E-state index in [-0.39, 0.29) is 59.9 Å². The van der Waals surface area contributed by atoms with Gasteiger partial charge in [-0.3, -0.25) is 29.1 Å². The number of carbonyl (C=O) groups excluding carboxylic acids is 4. The standard InChI is InChI=1S/C47H71N7O6S/c1-12-32(6)42(53(9)47(58)40(30(2)3)51-45(57)41(31(4)5)52(8)29-35-20-22-48-23-21-35)38(59-10)28-39(55)54-25-16-19-37(54)43(60-11)33(7)44(56)50-36(46-49-24-26-61-46)27-34-17-14-13-15-18-34/h13-15,17-18,20-24,26,30-33,36-38,40-43H,12,16,19,25,27-29H2,1-11H3,(H,50,56)(H,51,57)/t32-,33+,36-,37-,38+,40-,41-,42-,43+/m0/s1. The zero-order chi connectivity index (χ0) is 44.8. The summed E-state index contributed by atoms with van der Waals surface area (Å²) >= 11 is 1.50. The van der Waals surface area contributed by atoms with Crippen LogP contribution in [-0.4, -0.2) is 120 Å². The summed E-state index contributed by atoms with van der Waals surface area (Å²) in [6.07, 6.45) is 6.87. The first-order valence-corrected chi connectivity index (χ1v) is 22.8. The third-order valence-corrected chi connectivity index (χ3v) is 13.3. The van der Waals surface area contributed by atoms with Crippen molar-refractivity contribution in [3.05, 3.63) is 82.6 Å². The van der Waals surface area contributed by atoms with E-state index in [4.69, 9.17) is 9.47 Å². The number of likely N-dealkylation sites (tertiary alicyclic amines) is 1. The fourth-order valence-electron chi connectivity index (χ4n) is 8.92. The highest BCUT2D eigenvalue weighted by Gasteiger charge is 2.43. The van der Waals surface area contributed by atoms with Gasteiger partial charge in [0.1, 0.15) is 11.0 Å². The van der Waals surface area contributed by atoms with Gasteiger partial charge in [0.05, 0.1) is 48.7 Å². The van der Waals surface area contributed by atoms with Gasteiger partial charge in [0.25, 0.3) is 0 Å². The van der Waals surface area contributed by atoms with Crippen molar-refractivity contribution >= 4 is 35.0 Å². The summed E-state index contributed by atoms with van der Waals surface area (Å²) in [6.45, 7) is 14.9. The minimum Gasteiger partial charge on any atom is -0.379 e. The largest absolute Gasteiger partial charge is 0.379 e. The molecule has 3 heterocycles. The molecule has 0 radical (unpaired) electrons. The molecule has 1 aliphatic rings. The first kappa shape index (κ1) is 49.4. The van der Waals surface area contributed by atoms with Crippen molar-refractivity contribution in [3.8, 4) is 0 Å². The summed E-state index contributed by atoms with van der Waals surface area (Å²) in [4.78, 5) is 71.1. The minimum atomic E-state index is -0.797. The van der Waals surface area contributed by atoms with E-state index in [1.807, 2.05) is 99.3 Å². The van der Waals surface area contributed by atoms with Crippen LogP contribution in [0.25, 0.3) is 0 Å². The number of likely N-dealkylation sites (N-methyl/N-ethyl adjacent to an activating group) is 2. The van der Waals surface area contributed by atoms with Gasteiger partial charge in [-0.1, -0.05) is 85.2 Å². The molecule has 0 unspecified atom stereocenters. The zero-order valence-corrected chi connectivity index (χ0v) is 39.1. The number of hydrogen-bond donors (Lipinski definition) is 2. The number of nitrogens with one attached hydrogen (secondary N) is 2. The maximum atomic E-state index is 14.6. The number of hydrogen-bond acceptors (Lipinski definition) is 10. The summed E-state index contributed by atoms with van der Waals surface area (Å²) in [5.74, 6) is -1.55. The SMILES string of the molecule is CC[C@H](C)[C@@H]([C@@H](CC(=O)N1CCC[C@H]1[C@H](OC)[C@@H](C)C(=O)N[C@@H](Cc1ccccc1)c1nccs1)OC)N(C)C(=O)[C@@H](NC(=O)[C@H](C(C)C)N(C)Cc1ccncc1)C(C)C. The fraction of sp³-hybridized carbons (Fsp3) is 0.617. The maximum Gasteiger partial charge on any atom is 0.245 e. The highest BCUT2D eigenvalue weighted by Crippen LogP contribution is 2.31. The maximum absolute atomic E-state index is 14.6. The van der Waals surface area contributed by atoms with Crippen LogP contribution in [0.4, 0.5) is 0 Å². The summed E-state index contributed by atoms with van der Waals surface area (Å²) in [5, 5.41) is 9.10. The van der Waals surface area contributed by atoms with E-state index >= 15 is 0 Å². The summed E-state index contributed by atoms with van der Waals surface area (Å²) < 4.78 is 12.2. The predicted octanol–water partition coefficient (Wildman–Crippen LogP) is 6.16. The lowest BCUT2D eigenvalue weighted by atomic mass is 9.89. The normalized spacial score (nSPS) is 18.3. The Morgan fingerprint density at radius 3 is 2.15 bits per heavy atom. The van der Waals surface area contributed by atoms with Gasteiger partial charge in [-0.15, -0.1) is 11.3 Å². The van der Waals surface area contributed by atoms with E-state index in [0.717, 1.165) is 29.0 Å². The molecule has 1 aromatic carbocycles. The molecule has 4 amide bonds. The first-order valence-electron chi connectivity index (χ1n) is 21.9. The molecule has 1 aliphatic heterocycles. The van der Waals surface area contributed by atoms with Gasteiger partial charge in [0.15, 0.2) is 0 Å². The number of thiazole rings is 1. The molecule has 14 heteroatoms. The van der Waals surface area contributed by atoms with Crippen LogP contribution >= 0.6 is 11.3 Å². The Morgan fingerprint density at radius 2 is 1.57 bits per heavy atom. The first-order chi connectivity index (χ1) is 29.1. The smallest absolute Gasteiger partial charge is 0.245 e. The van der Waals surface area contributed by atoms with Gasteiger partial charge >= 0.3 is 0 Å². The Bertz CT molecular complexity index is 1800. The van der Waals surface area contributed by atoms with Gasteiger partial charge in [0, 0.05) is 58.3 Å². The lowest BCUT2D eigenvalue weighted by Gasteiger charge is -2.41. The lowest BCUT2D eigenvalue weighted by Crippen LogP contribution is -2.60. The summed E-state index contributed by atoms with van der Waals surface area (Å²) in [5.41, 5.74) is 2.13. The Balaban J connectivity index is 1.48. The number of amides is 4. The average molecular weight is 862 g/mol. The number of carbonyl (C=O) groups is 4. The number of ether oxygens (including phenoxy) is 2.